The maximum Gasteiger partial charge on any atom is 0.210 e. The average molecular weight is 406 g/mol. The van der Waals surface area contributed by atoms with E-state index < -0.39 is 0 Å². The highest BCUT2D eigenvalue weighted by Crippen LogP contribution is 2.19. The molecule has 156 valence electrons. The molecule has 0 amide bonds. The molecule has 1 N–H and O–H groups in total. The third-order valence-corrected chi connectivity index (χ3v) is 5.14. The Hall–Kier alpha value is -3.08. The van der Waals surface area contributed by atoms with Crippen LogP contribution >= 0.6 is 0 Å². The lowest BCUT2D eigenvalue weighted by molar-refractivity contribution is 0.181. The summed E-state index contributed by atoms with van der Waals surface area (Å²) in [7, 11) is 0. The summed E-state index contributed by atoms with van der Waals surface area (Å²) in [5, 5.41) is 13.1. The zero-order valence-electron chi connectivity index (χ0n) is 17.1. The molecule has 0 saturated carbocycles. The van der Waals surface area contributed by atoms with Gasteiger partial charge in [-0.05, 0) is 36.6 Å². The number of hydrogen-bond donors (Lipinski definition) is 1. The van der Waals surface area contributed by atoms with E-state index in [-0.39, 0.29) is 12.7 Å². The number of nitrogens with zero attached hydrogens (tertiary/aromatic N) is 4. The SMILES string of the molecule is CCc1nccn1Cc1cc(C#Cc2ccc(OC3CCN(CCO)C3)cc2)on1. The van der Waals surface area contributed by atoms with E-state index in [0.717, 1.165) is 48.8 Å². The maximum atomic E-state index is 9.04. The molecule has 0 spiro atoms. The third-order valence-electron chi connectivity index (χ3n) is 5.14. The second kappa shape index (κ2) is 9.61. The number of hydrogen-bond acceptors (Lipinski definition) is 6. The van der Waals surface area contributed by atoms with E-state index in [1.807, 2.05) is 36.5 Å². The lowest BCUT2D eigenvalue weighted by atomic mass is 10.2. The van der Waals surface area contributed by atoms with Crippen molar-refractivity contribution in [2.45, 2.75) is 32.4 Å². The molecule has 1 saturated heterocycles. The molecule has 3 heterocycles. The van der Waals surface area contributed by atoms with Crippen molar-refractivity contribution in [3.8, 4) is 17.6 Å². The van der Waals surface area contributed by atoms with Crippen molar-refractivity contribution >= 4 is 0 Å². The second-order valence-corrected chi connectivity index (χ2v) is 7.33. The van der Waals surface area contributed by atoms with Crippen molar-refractivity contribution in [1.29, 1.82) is 0 Å². The number of aromatic nitrogens is 3. The fraction of sp³-hybridized carbons (Fsp3) is 0.391. The largest absolute Gasteiger partial charge is 0.489 e. The van der Waals surface area contributed by atoms with E-state index in [0.29, 0.717) is 18.8 Å². The van der Waals surface area contributed by atoms with E-state index in [2.05, 4.69) is 38.4 Å². The molecule has 3 aromatic rings. The minimum atomic E-state index is 0.171. The van der Waals surface area contributed by atoms with Gasteiger partial charge in [0.05, 0.1) is 13.2 Å². The lowest BCUT2D eigenvalue weighted by Gasteiger charge is -2.15. The molecule has 0 aliphatic carbocycles. The molecule has 1 fully saturated rings. The molecular weight excluding hydrogens is 380 g/mol. The third kappa shape index (κ3) is 5.09. The van der Waals surface area contributed by atoms with Gasteiger partial charge in [0.2, 0.25) is 5.76 Å². The van der Waals surface area contributed by atoms with Crippen LogP contribution < -0.4 is 4.74 Å². The van der Waals surface area contributed by atoms with E-state index in [9.17, 15) is 0 Å². The highest BCUT2D eigenvalue weighted by atomic mass is 16.5. The van der Waals surface area contributed by atoms with Crippen LogP contribution in [-0.2, 0) is 13.0 Å². The Bertz CT molecular complexity index is 1010. The molecule has 0 bridgehead atoms. The summed E-state index contributed by atoms with van der Waals surface area (Å²) in [5.74, 6) is 8.53. The van der Waals surface area contributed by atoms with E-state index in [1.165, 1.54) is 0 Å². The molecule has 0 radical (unpaired) electrons. The van der Waals surface area contributed by atoms with Gasteiger partial charge in [0, 0.05) is 50.1 Å². The summed E-state index contributed by atoms with van der Waals surface area (Å²) in [6.45, 7) is 5.42. The fourth-order valence-electron chi connectivity index (χ4n) is 3.60. The Labute approximate surface area is 176 Å². The van der Waals surface area contributed by atoms with E-state index in [4.69, 9.17) is 14.4 Å². The number of aliphatic hydroxyl groups excluding tert-OH is 1. The Kier molecular flexibility index (Phi) is 6.47. The molecule has 4 rings (SSSR count). The standard InChI is InChI=1S/C23H26N4O3/c1-2-23-24-10-12-27(23)16-19-15-21(30-25-19)8-5-18-3-6-20(7-4-18)29-22-9-11-26(17-22)13-14-28/h3-4,6-7,10,12,15,22,28H,2,9,11,13-14,16-17H2,1H3. The van der Waals surface area contributed by atoms with Crippen molar-refractivity contribution in [2.24, 2.45) is 0 Å². The van der Waals surface area contributed by atoms with Gasteiger partial charge in [-0.2, -0.15) is 0 Å². The van der Waals surface area contributed by atoms with Gasteiger partial charge >= 0.3 is 0 Å². The predicted octanol–water partition coefficient (Wildman–Crippen LogP) is 2.33. The molecule has 7 nitrogen and oxygen atoms in total. The number of aliphatic hydroxyl groups is 1. The first-order valence-corrected chi connectivity index (χ1v) is 10.3. The van der Waals surface area contributed by atoms with Crippen LogP contribution in [-0.4, -0.2) is 57.1 Å². The molecule has 1 atom stereocenters. The van der Waals surface area contributed by atoms with Gasteiger partial charge in [-0.3, -0.25) is 4.90 Å². The maximum absolute atomic E-state index is 9.04. The number of aryl methyl sites for hydroxylation is 1. The first kappa shape index (κ1) is 20.2. The lowest BCUT2D eigenvalue weighted by Crippen LogP contribution is -2.27. The van der Waals surface area contributed by atoms with Gasteiger partial charge in [0.1, 0.15) is 23.4 Å². The first-order valence-electron chi connectivity index (χ1n) is 10.3. The summed E-state index contributed by atoms with van der Waals surface area (Å²) < 4.78 is 13.4. The number of β-amino-alcohol motifs (C(OH)–C–C–N with tert-alkyl or cyclic N) is 1. The fourth-order valence-corrected chi connectivity index (χ4v) is 3.60. The molecular formula is C23H26N4O3. The summed E-state index contributed by atoms with van der Waals surface area (Å²) in [5.41, 5.74) is 1.71. The van der Waals surface area contributed by atoms with Crippen molar-refractivity contribution in [1.82, 2.24) is 19.6 Å². The molecule has 1 aliphatic rings. The topological polar surface area (TPSA) is 76.5 Å². The van der Waals surface area contributed by atoms with Crippen LogP contribution in [0.4, 0.5) is 0 Å². The quantitative estimate of drug-likeness (QED) is 0.607. The van der Waals surface area contributed by atoms with Gasteiger partial charge < -0.3 is 18.9 Å². The first-order chi connectivity index (χ1) is 14.7. The number of ether oxygens (including phenoxy) is 1. The normalized spacial score (nSPS) is 16.4. The Balaban J connectivity index is 1.33. The summed E-state index contributed by atoms with van der Waals surface area (Å²) in [6.07, 6.45) is 5.76. The predicted molar refractivity (Wildman–Crippen MR) is 112 cm³/mol. The number of benzene rings is 1. The minimum absolute atomic E-state index is 0.171. The average Bonchev–Trinajstić information content (AvgIpc) is 3.50. The van der Waals surface area contributed by atoms with Gasteiger partial charge in [0.25, 0.3) is 0 Å². The van der Waals surface area contributed by atoms with Crippen LogP contribution in [0.3, 0.4) is 0 Å². The molecule has 30 heavy (non-hydrogen) atoms. The zero-order chi connectivity index (χ0) is 20.8. The molecule has 1 aromatic carbocycles. The number of rotatable bonds is 7. The van der Waals surface area contributed by atoms with Gasteiger partial charge in [-0.15, -0.1) is 0 Å². The summed E-state index contributed by atoms with van der Waals surface area (Å²) in [4.78, 5) is 6.53. The number of imidazole rings is 1. The summed E-state index contributed by atoms with van der Waals surface area (Å²) >= 11 is 0. The molecule has 1 unspecified atom stereocenters. The molecule has 1 aliphatic heterocycles. The van der Waals surface area contributed by atoms with E-state index >= 15 is 0 Å². The van der Waals surface area contributed by atoms with Crippen LogP contribution in [0.2, 0.25) is 0 Å². The van der Waals surface area contributed by atoms with Crippen LogP contribution in [0, 0.1) is 11.8 Å². The van der Waals surface area contributed by atoms with Crippen LogP contribution in [0.1, 0.15) is 36.2 Å². The van der Waals surface area contributed by atoms with Crippen LogP contribution in [0.15, 0.2) is 47.2 Å². The number of likely N-dealkylation sites (tertiary alicyclic amines) is 1. The second-order valence-electron chi connectivity index (χ2n) is 7.33. The minimum Gasteiger partial charge on any atom is -0.489 e. The Morgan fingerprint density at radius 2 is 2.13 bits per heavy atom. The van der Waals surface area contributed by atoms with Crippen LogP contribution in [0.25, 0.3) is 0 Å². The zero-order valence-corrected chi connectivity index (χ0v) is 17.1. The Morgan fingerprint density at radius 3 is 2.93 bits per heavy atom. The van der Waals surface area contributed by atoms with Crippen molar-refractivity contribution in [2.75, 3.05) is 26.2 Å². The highest BCUT2D eigenvalue weighted by Gasteiger charge is 2.23. The van der Waals surface area contributed by atoms with Crippen molar-refractivity contribution in [3.05, 3.63) is 65.6 Å². The monoisotopic (exact) mass is 406 g/mol. The van der Waals surface area contributed by atoms with Gasteiger partial charge in [-0.25, -0.2) is 4.98 Å². The van der Waals surface area contributed by atoms with Crippen molar-refractivity contribution in [3.63, 3.8) is 0 Å². The highest BCUT2D eigenvalue weighted by molar-refractivity contribution is 5.41. The van der Waals surface area contributed by atoms with Gasteiger partial charge in [0.15, 0.2) is 0 Å². The van der Waals surface area contributed by atoms with Crippen LogP contribution in [0.5, 0.6) is 5.75 Å². The van der Waals surface area contributed by atoms with Crippen molar-refractivity contribution < 1.29 is 14.4 Å². The Morgan fingerprint density at radius 1 is 1.27 bits per heavy atom. The van der Waals surface area contributed by atoms with Gasteiger partial charge in [-0.1, -0.05) is 18.0 Å². The summed E-state index contributed by atoms with van der Waals surface area (Å²) in [6, 6.07) is 9.63. The molecule has 7 heteroatoms. The van der Waals surface area contributed by atoms with E-state index in [1.54, 1.807) is 6.20 Å². The smallest absolute Gasteiger partial charge is 0.210 e. The molecule has 2 aromatic heterocycles.